The van der Waals surface area contributed by atoms with Crippen molar-refractivity contribution in [3.63, 3.8) is 0 Å². The first-order chi connectivity index (χ1) is 7.53. The van der Waals surface area contributed by atoms with E-state index in [0.29, 0.717) is 0 Å². The number of hydrogen-bond donors (Lipinski definition) is 0. The minimum atomic E-state index is -2.19. The van der Waals surface area contributed by atoms with Gasteiger partial charge in [0.05, 0.1) is 0 Å². The third-order valence-electron chi connectivity index (χ3n) is 3.11. The van der Waals surface area contributed by atoms with Crippen molar-refractivity contribution >= 4 is 32.4 Å². The molecule has 3 heteroatoms. The molecule has 0 spiro atoms. The van der Waals surface area contributed by atoms with Gasteiger partial charge in [-0.2, -0.15) is 0 Å². The minimum absolute atomic E-state index is 1.06. The van der Waals surface area contributed by atoms with Crippen LogP contribution >= 0.6 is 12.7 Å². The van der Waals surface area contributed by atoms with Crippen molar-refractivity contribution in [2.75, 3.05) is 14.1 Å². The summed E-state index contributed by atoms with van der Waals surface area (Å²) in [5.41, 5.74) is 1.52. The average molecular weight is 391 g/mol. The number of hydrogen-bond acceptors (Lipinski definition) is 1. The molecule has 90 valence electrons. The topological polar surface area (TPSA) is 3.24 Å². The Bertz CT molecular complexity index is 334. The Morgan fingerprint density at radius 2 is 1.69 bits per heavy atom. The molecule has 1 aromatic carbocycles. The van der Waals surface area contributed by atoms with E-state index in [-0.39, 0.29) is 0 Å². The standard InChI is InChI=1S/C9H12N.2C2H5.BrH.Sn/c1-10(2)8-9-6-4-3-5-7-9;2*1-2;;/h3-6H,8H2,1-2H3;2*1H2,2H3;1H;/q;;;;+1/p-1. The van der Waals surface area contributed by atoms with Gasteiger partial charge in [0.1, 0.15) is 0 Å². The van der Waals surface area contributed by atoms with Crippen LogP contribution in [0.5, 0.6) is 0 Å². The van der Waals surface area contributed by atoms with Gasteiger partial charge in [0.2, 0.25) is 0 Å². The van der Waals surface area contributed by atoms with Crippen LogP contribution in [0.3, 0.4) is 0 Å². The van der Waals surface area contributed by atoms with Crippen molar-refractivity contribution in [3.05, 3.63) is 29.8 Å². The van der Waals surface area contributed by atoms with E-state index < -0.39 is 16.2 Å². The molecule has 0 saturated heterocycles. The average Bonchev–Trinajstić information content (AvgIpc) is 2.28. The van der Waals surface area contributed by atoms with Crippen molar-refractivity contribution in [3.8, 4) is 0 Å². The maximum absolute atomic E-state index is 4.12. The predicted molar refractivity (Wildman–Crippen MR) is 79.1 cm³/mol. The first kappa shape index (κ1) is 14.5. The molecule has 0 aliphatic carbocycles. The summed E-state index contributed by atoms with van der Waals surface area (Å²) in [6.07, 6.45) is 0. The van der Waals surface area contributed by atoms with Gasteiger partial charge in [0.15, 0.2) is 0 Å². The molecule has 0 saturated carbocycles. The van der Waals surface area contributed by atoms with Crippen LogP contribution in [0.1, 0.15) is 19.4 Å². The molecular weight excluding hydrogens is 369 g/mol. The Morgan fingerprint density at radius 1 is 1.12 bits per heavy atom. The molecule has 16 heavy (non-hydrogen) atoms. The SMILES string of the molecule is C[CH2][Sn]([Br])([CH2]C)[c]1ccccc1CN(C)C. The fourth-order valence-corrected chi connectivity index (χ4v) is 11.5. The van der Waals surface area contributed by atoms with Crippen LogP contribution in [0.2, 0.25) is 8.87 Å². The fraction of sp³-hybridized carbons (Fsp3) is 0.538. The Hall–Kier alpha value is 0.459. The van der Waals surface area contributed by atoms with E-state index in [1.165, 1.54) is 14.4 Å². The third-order valence-corrected chi connectivity index (χ3v) is 24.0. The molecule has 0 heterocycles. The van der Waals surface area contributed by atoms with Crippen LogP contribution in [0.15, 0.2) is 24.3 Å². The molecule has 0 atom stereocenters. The second-order valence-corrected chi connectivity index (χ2v) is 25.8. The Labute approximate surface area is 110 Å². The molecule has 1 rings (SSSR count). The van der Waals surface area contributed by atoms with E-state index in [1.807, 2.05) is 0 Å². The molecule has 0 fully saturated rings. The molecule has 0 aliphatic rings. The molecule has 1 nitrogen and oxygen atoms in total. The first-order valence-corrected chi connectivity index (χ1v) is 17.8. The van der Waals surface area contributed by atoms with Gasteiger partial charge >= 0.3 is 111 Å². The summed E-state index contributed by atoms with van der Waals surface area (Å²) in [6.45, 7) is 5.72. The van der Waals surface area contributed by atoms with Crippen molar-refractivity contribution in [1.29, 1.82) is 0 Å². The Balaban J connectivity index is 3.11. The van der Waals surface area contributed by atoms with Crippen LogP contribution in [0.25, 0.3) is 0 Å². The second-order valence-electron chi connectivity index (χ2n) is 4.57. The van der Waals surface area contributed by atoms with Crippen LogP contribution in [0, 0.1) is 0 Å². The van der Waals surface area contributed by atoms with Crippen molar-refractivity contribution < 1.29 is 0 Å². The zero-order valence-electron chi connectivity index (χ0n) is 10.8. The summed E-state index contributed by atoms with van der Waals surface area (Å²) in [7, 11) is 4.28. The summed E-state index contributed by atoms with van der Waals surface area (Å²) in [5.74, 6) is 0. The third kappa shape index (κ3) is 3.47. The van der Waals surface area contributed by atoms with Gasteiger partial charge in [-0.05, 0) is 0 Å². The molecule has 0 radical (unpaired) electrons. The number of halogens is 1. The molecule has 0 N–H and O–H groups in total. The molecule has 0 bridgehead atoms. The van der Waals surface area contributed by atoms with Crippen LogP contribution < -0.4 is 3.58 Å². The van der Waals surface area contributed by atoms with E-state index in [4.69, 9.17) is 0 Å². The van der Waals surface area contributed by atoms with E-state index in [9.17, 15) is 0 Å². The number of rotatable bonds is 5. The molecular formula is C13H22BrNSn. The first-order valence-electron chi connectivity index (χ1n) is 5.95. The number of benzene rings is 1. The van der Waals surface area contributed by atoms with Gasteiger partial charge in [-0.1, -0.05) is 0 Å². The van der Waals surface area contributed by atoms with Gasteiger partial charge in [-0.3, -0.25) is 0 Å². The second kappa shape index (κ2) is 6.41. The van der Waals surface area contributed by atoms with Gasteiger partial charge in [-0.15, -0.1) is 0 Å². The van der Waals surface area contributed by atoms with Gasteiger partial charge < -0.3 is 0 Å². The molecule has 0 unspecified atom stereocenters. The van der Waals surface area contributed by atoms with E-state index in [1.54, 1.807) is 3.58 Å². The van der Waals surface area contributed by atoms with Crippen molar-refractivity contribution in [2.24, 2.45) is 0 Å². The quantitative estimate of drug-likeness (QED) is 0.697. The van der Waals surface area contributed by atoms with Crippen LogP contribution in [0.4, 0.5) is 0 Å². The monoisotopic (exact) mass is 391 g/mol. The summed E-state index contributed by atoms with van der Waals surface area (Å²) in [6, 6.07) is 8.98. The summed E-state index contributed by atoms with van der Waals surface area (Å²) >= 11 is 1.94. The Morgan fingerprint density at radius 3 is 2.19 bits per heavy atom. The summed E-state index contributed by atoms with van der Waals surface area (Å²) < 4.78 is 4.31. The van der Waals surface area contributed by atoms with Crippen molar-refractivity contribution in [1.82, 2.24) is 4.90 Å². The zero-order chi connectivity index (χ0) is 12.2. The normalized spacial score (nSPS) is 12.1. The molecule has 1 aromatic rings. The fourth-order valence-electron chi connectivity index (χ4n) is 2.07. The van der Waals surface area contributed by atoms with Gasteiger partial charge in [0, 0.05) is 0 Å². The number of nitrogens with zero attached hydrogens (tertiary/aromatic N) is 1. The van der Waals surface area contributed by atoms with E-state index in [2.05, 4.69) is 69.8 Å². The van der Waals surface area contributed by atoms with Crippen molar-refractivity contribution in [2.45, 2.75) is 29.3 Å². The maximum atomic E-state index is 4.12. The predicted octanol–water partition coefficient (Wildman–Crippen LogP) is 3.34. The summed E-state index contributed by atoms with van der Waals surface area (Å²) in [4.78, 5) is 2.25. The Kier molecular flexibility index (Phi) is 5.81. The van der Waals surface area contributed by atoms with Crippen LogP contribution in [-0.2, 0) is 6.54 Å². The van der Waals surface area contributed by atoms with Gasteiger partial charge in [-0.25, -0.2) is 0 Å². The van der Waals surface area contributed by atoms with Crippen LogP contribution in [-0.4, -0.2) is 35.2 Å². The van der Waals surface area contributed by atoms with E-state index >= 15 is 0 Å². The van der Waals surface area contributed by atoms with Gasteiger partial charge in [0.25, 0.3) is 0 Å². The molecule has 0 aliphatic heterocycles. The summed E-state index contributed by atoms with van der Waals surface area (Å²) in [5, 5.41) is 0. The zero-order valence-corrected chi connectivity index (χ0v) is 15.2. The molecule has 0 aromatic heterocycles. The molecule has 0 amide bonds. The van der Waals surface area contributed by atoms with E-state index in [0.717, 1.165) is 6.54 Å².